The Balaban J connectivity index is 1.23. The van der Waals surface area contributed by atoms with Gasteiger partial charge in [-0.1, -0.05) is 29.4 Å². The molecule has 4 rings (SSSR count). The standard InChI is InChI=1S/C25H29N3O6/c1-31-20-9-5-6-17(12-20)27-25(30)26-15-24-23(29)11-10-21(33-24)13-18-14-22(34-28-18)16-32-19-7-3-2-4-8-19/h2-9,12,14,21,23-24,29H,10-11,13,15-16H2,1H3,(H2,26,27,30)/t21-,23-,24+/m0/s1. The Morgan fingerprint density at radius 3 is 2.76 bits per heavy atom. The van der Waals surface area contributed by atoms with E-state index in [2.05, 4.69) is 15.8 Å². The first-order valence-electron chi connectivity index (χ1n) is 11.2. The van der Waals surface area contributed by atoms with E-state index >= 15 is 0 Å². The van der Waals surface area contributed by atoms with Crippen LogP contribution in [-0.4, -0.2) is 48.3 Å². The highest BCUT2D eigenvalue weighted by atomic mass is 16.5. The molecule has 2 heterocycles. The van der Waals surface area contributed by atoms with Crippen LogP contribution in [0.25, 0.3) is 0 Å². The summed E-state index contributed by atoms with van der Waals surface area (Å²) in [6, 6.07) is 18.0. The number of nitrogens with one attached hydrogen (secondary N) is 2. The van der Waals surface area contributed by atoms with Gasteiger partial charge >= 0.3 is 6.03 Å². The molecule has 0 aliphatic carbocycles. The van der Waals surface area contributed by atoms with Crippen LogP contribution in [0.15, 0.2) is 65.2 Å². The third kappa shape index (κ3) is 6.72. The Kier molecular flexibility index (Phi) is 8.00. The minimum atomic E-state index is -0.652. The normalized spacial score (nSPS) is 19.9. The first-order valence-corrected chi connectivity index (χ1v) is 11.2. The molecule has 3 aromatic rings. The zero-order valence-corrected chi connectivity index (χ0v) is 19.0. The molecule has 2 amide bonds. The second kappa shape index (κ2) is 11.5. The lowest BCUT2D eigenvalue weighted by Crippen LogP contribution is -2.47. The Bertz CT molecular complexity index is 1060. The van der Waals surface area contributed by atoms with E-state index in [9.17, 15) is 9.90 Å². The first kappa shape index (κ1) is 23.6. The van der Waals surface area contributed by atoms with Gasteiger partial charge in [-0.15, -0.1) is 0 Å². The summed E-state index contributed by atoms with van der Waals surface area (Å²) in [5, 5.41) is 20.0. The topological polar surface area (TPSA) is 115 Å². The predicted octanol–water partition coefficient (Wildman–Crippen LogP) is 3.53. The SMILES string of the molecule is COc1cccc(NC(=O)NC[C@H]2O[C@H](Cc3cc(COc4ccccc4)on3)CC[C@@H]2O)c1. The number of methoxy groups -OCH3 is 1. The van der Waals surface area contributed by atoms with Crippen molar-refractivity contribution in [1.29, 1.82) is 0 Å². The van der Waals surface area contributed by atoms with Crippen molar-refractivity contribution in [3.63, 3.8) is 0 Å². The van der Waals surface area contributed by atoms with Gasteiger partial charge in [0.05, 0.1) is 25.0 Å². The molecule has 0 unspecified atom stereocenters. The van der Waals surface area contributed by atoms with Gasteiger partial charge in [0.1, 0.15) is 24.2 Å². The Morgan fingerprint density at radius 1 is 1.12 bits per heavy atom. The molecule has 0 spiro atoms. The molecule has 1 fully saturated rings. The van der Waals surface area contributed by atoms with E-state index in [0.717, 1.165) is 11.4 Å². The number of urea groups is 1. The highest BCUT2D eigenvalue weighted by Crippen LogP contribution is 2.23. The fourth-order valence-corrected chi connectivity index (χ4v) is 3.78. The largest absolute Gasteiger partial charge is 0.497 e. The molecule has 3 atom stereocenters. The number of aliphatic hydroxyl groups is 1. The first-order chi connectivity index (χ1) is 16.6. The lowest BCUT2D eigenvalue weighted by molar-refractivity contribution is -0.113. The van der Waals surface area contributed by atoms with Crippen molar-refractivity contribution in [2.75, 3.05) is 19.0 Å². The Morgan fingerprint density at radius 2 is 1.94 bits per heavy atom. The molecule has 9 nitrogen and oxygen atoms in total. The maximum Gasteiger partial charge on any atom is 0.319 e. The van der Waals surface area contributed by atoms with Crippen molar-refractivity contribution in [2.45, 2.75) is 44.2 Å². The third-order valence-electron chi connectivity index (χ3n) is 5.54. The molecule has 0 radical (unpaired) electrons. The van der Waals surface area contributed by atoms with E-state index in [1.54, 1.807) is 31.4 Å². The fraction of sp³-hybridized carbons (Fsp3) is 0.360. The van der Waals surface area contributed by atoms with Crippen LogP contribution >= 0.6 is 0 Å². The number of hydrogen-bond donors (Lipinski definition) is 3. The third-order valence-corrected chi connectivity index (χ3v) is 5.54. The molecule has 0 saturated carbocycles. The van der Waals surface area contributed by atoms with Crippen molar-refractivity contribution >= 4 is 11.7 Å². The Hall–Kier alpha value is -3.56. The molecule has 3 N–H and O–H groups in total. The van der Waals surface area contributed by atoms with E-state index < -0.39 is 12.2 Å². The van der Waals surface area contributed by atoms with Crippen LogP contribution in [0.2, 0.25) is 0 Å². The zero-order valence-electron chi connectivity index (χ0n) is 19.0. The van der Waals surface area contributed by atoms with Gasteiger partial charge in [0.2, 0.25) is 0 Å². The number of carbonyl (C=O) groups excluding carboxylic acids is 1. The molecule has 34 heavy (non-hydrogen) atoms. The van der Waals surface area contributed by atoms with Gasteiger partial charge in [-0.3, -0.25) is 0 Å². The molecule has 1 saturated heterocycles. The van der Waals surface area contributed by atoms with Crippen LogP contribution in [0.1, 0.15) is 24.3 Å². The van der Waals surface area contributed by atoms with Gasteiger partial charge in [0, 0.05) is 30.8 Å². The smallest absolute Gasteiger partial charge is 0.319 e. The quantitative estimate of drug-likeness (QED) is 0.441. The summed E-state index contributed by atoms with van der Waals surface area (Å²) >= 11 is 0. The lowest BCUT2D eigenvalue weighted by Gasteiger charge is -2.33. The number of amides is 2. The number of para-hydroxylation sites is 1. The number of hydrogen-bond acceptors (Lipinski definition) is 7. The van der Waals surface area contributed by atoms with Crippen molar-refractivity contribution in [2.24, 2.45) is 0 Å². The molecule has 2 aromatic carbocycles. The molecular weight excluding hydrogens is 438 g/mol. The number of aliphatic hydroxyl groups excluding tert-OH is 1. The van der Waals surface area contributed by atoms with Crippen LogP contribution in [0, 0.1) is 0 Å². The van der Waals surface area contributed by atoms with Gasteiger partial charge in [0.15, 0.2) is 5.76 Å². The molecule has 180 valence electrons. The van der Waals surface area contributed by atoms with Gasteiger partial charge in [0.25, 0.3) is 0 Å². The summed E-state index contributed by atoms with van der Waals surface area (Å²) in [5.41, 5.74) is 1.37. The molecule has 0 bridgehead atoms. The number of ether oxygens (including phenoxy) is 3. The predicted molar refractivity (Wildman–Crippen MR) is 125 cm³/mol. The number of anilines is 1. The summed E-state index contributed by atoms with van der Waals surface area (Å²) in [7, 11) is 1.57. The van der Waals surface area contributed by atoms with Crippen molar-refractivity contribution in [3.8, 4) is 11.5 Å². The molecule has 1 aliphatic rings. The zero-order chi connectivity index (χ0) is 23.8. The lowest BCUT2D eigenvalue weighted by atomic mass is 9.98. The maximum absolute atomic E-state index is 12.3. The highest BCUT2D eigenvalue weighted by Gasteiger charge is 2.30. The van der Waals surface area contributed by atoms with Crippen molar-refractivity contribution in [1.82, 2.24) is 10.5 Å². The maximum atomic E-state index is 12.3. The van der Waals surface area contributed by atoms with E-state index in [0.29, 0.717) is 36.5 Å². The number of carbonyl (C=O) groups is 1. The second-order valence-electron chi connectivity index (χ2n) is 8.10. The highest BCUT2D eigenvalue weighted by molar-refractivity contribution is 5.89. The Labute approximate surface area is 198 Å². The van der Waals surface area contributed by atoms with Gasteiger partial charge < -0.3 is 34.5 Å². The van der Waals surface area contributed by atoms with Gasteiger partial charge in [-0.05, 0) is 37.1 Å². The molecule has 1 aliphatic heterocycles. The number of rotatable bonds is 9. The van der Waals surface area contributed by atoms with Crippen LogP contribution in [0.5, 0.6) is 11.5 Å². The summed E-state index contributed by atoms with van der Waals surface area (Å²) in [4.78, 5) is 12.3. The fourth-order valence-electron chi connectivity index (χ4n) is 3.78. The number of aromatic nitrogens is 1. The van der Waals surface area contributed by atoms with E-state index in [1.807, 2.05) is 36.4 Å². The van der Waals surface area contributed by atoms with Crippen LogP contribution < -0.4 is 20.1 Å². The summed E-state index contributed by atoms with van der Waals surface area (Å²) < 4.78 is 22.3. The van der Waals surface area contributed by atoms with E-state index in [4.69, 9.17) is 18.7 Å². The molecular formula is C25H29N3O6. The van der Waals surface area contributed by atoms with E-state index in [-0.39, 0.29) is 25.3 Å². The number of benzene rings is 2. The summed E-state index contributed by atoms with van der Waals surface area (Å²) in [6.07, 6.45) is 0.522. The summed E-state index contributed by atoms with van der Waals surface area (Å²) in [6.45, 7) is 0.471. The number of nitrogens with zero attached hydrogens (tertiary/aromatic N) is 1. The van der Waals surface area contributed by atoms with Crippen LogP contribution in [0.3, 0.4) is 0 Å². The van der Waals surface area contributed by atoms with Crippen LogP contribution in [-0.2, 0) is 17.8 Å². The minimum Gasteiger partial charge on any atom is -0.497 e. The monoisotopic (exact) mass is 467 g/mol. The average Bonchev–Trinajstić information content (AvgIpc) is 3.31. The van der Waals surface area contributed by atoms with E-state index in [1.165, 1.54) is 0 Å². The van der Waals surface area contributed by atoms with Crippen LogP contribution in [0.4, 0.5) is 10.5 Å². The van der Waals surface area contributed by atoms with Crippen molar-refractivity contribution < 1.29 is 28.6 Å². The molecule has 9 heteroatoms. The minimum absolute atomic E-state index is 0.135. The van der Waals surface area contributed by atoms with Gasteiger partial charge in [-0.25, -0.2) is 4.79 Å². The summed E-state index contributed by atoms with van der Waals surface area (Å²) in [5.74, 6) is 2.03. The average molecular weight is 468 g/mol. The molecule has 1 aromatic heterocycles. The van der Waals surface area contributed by atoms with Gasteiger partial charge in [-0.2, -0.15) is 0 Å². The second-order valence-corrected chi connectivity index (χ2v) is 8.10. The van der Waals surface area contributed by atoms with Crippen molar-refractivity contribution in [3.05, 3.63) is 72.1 Å².